The third-order valence-electron chi connectivity index (χ3n) is 3.50. The van der Waals surface area contributed by atoms with E-state index in [0.717, 1.165) is 36.9 Å². The first-order valence-electron chi connectivity index (χ1n) is 8.43. The second-order valence-electron chi connectivity index (χ2n) is 5.47. The van der Waals surface area contributed by atoms with Crippen LogP contribution in [0.15, 0.2) is 41.9 Å². The maximum Gasteiger partial charge on any atom is 0.191 e. The van der Waals surface area contributed by atoms with Crippen LogP contribution in [0.5, 0.6) is 5.75 Å². The zero-order valence-electron chi connectivity index (χ0n) is 15.2. The first kappa shape index (κ1) is 21.3. The molecule has 0 aliphatic carbocycles. The molecule has 25 heavy (non-hydrogen) atoms. The van der Waals surface area contributed by atoms with Crippen molar-refractivity contribution >= 4 is 29.9 Å². The second kappa shape index (κ2) is 11.7. The van der Waals surface area contributed by atoms with Gasteiger partial charge in [-0.05, 0) is 32.4 Å². The van der Waals surface area contributed by atoms with E-state index in [1.54, 1.807) is 6.20 Å². The van der Waals surface area contributed by atoms with E-state index in [9.17, 15) is 0 Å². The third kappa shape index (κ3) is 7.33. The van der Waals surface area contributed by atoms with E-state index in [4.69, 9.17) is 4.74 Å². The van der Waals surface area contributed by atoms with E-state index in [1.165, 1.54) is 5.56 Å². The van der Waals surface area contributed by atoms with E-state index < -0.39 is 0 Å². The maximum atomic E-state index is 5.72. The molecular weight excluding hydrogens is 429 g/mol. The molecule has 0 bridgehead atoms. The lowest BCUT2D eigenvalue weighted by Crippen LogP contribution is -2.38. The van der Waals surface area contributed by atoms with Crippen molar-refractivity contribution < 1.29 is 4.74 Å². The van der Waals surface area contributed by atoms with Crippen LogP contribution in [0, 0.1) is 6.92 Å². The topological polar surface area (TPSA) is 63.5 Å². The van der Waals surface area contributed by atoms with Gasteiger partial charge in [0, 0.05) is 37.6 Å². The molecule has 0 unspecified atom stereocenters. The molecule has 0 fully saturated rings. The zero-order chi connectivity index (χ0) is 17.2. The Kier molecular flexibility index (Phi) is 9.98. The molecular formula is C18H28IN5O. The van der Waals surface area contributed by atoms with Crippen LogP contribution in [0.4, 0.5) is 0 Å². The summed E-state index contributed by atoms with van der Waals surface area (Å²) >= 11 is 0. The Morgan fingerprint density at radius 2 is 2.12 bits per heavy atom. The molecule has 0 radical (unpaired) electrons. The lowest BCUT2D eigenvalue weighted by atomic mass is 10.1. The molecule has 2 N–H and O–H groups in total. The molecule has 0 amide bonds. The summed E-state index contributed by atoms with van der Waals surface area (Å²) in [6.45, 7) is 9.81. The van der Waals surface area contributed by atoms with Crippen LogP contribution in [0.25, 0.3) is 0 Å². The lowest BCUT2D eigenvalue weighted by molar-refractivity contribution is 0.336. The highest BCUT2D eigenvalue weighted by Crippen LogP contribution is 2.21. The summed E-state index contributed by atoms with van der Waals surface area (Å²) in [5.41, 5.74) is 2.28. The molecule has 1 aromatic heterocycles. The van der Waals surface area contributed by atoms with Gasteiger partial charge in [0.15, 0.2) is 5.96 Å². The highest BCUT2D eigenvalue weighted by molar-refractivity contribution is 14.0. The maximum absolute atomic E-state index is 5.72. The number of rotatable bonds is 8. The molecule has 0 aliphatic rings. The van der Waals surface area contributed by atoms with E-state index in [0.29, 0.717) is 13.2 Å². The summed E-state index contributed by atoms with van der Waals surface area (Å²) in [6, 6.07) is 6.24. The number of nitrogens with one attached hydrogen (secondary N) is 2. The number of halogens is 1. The van der Waals surface area contributed by atoms with Gasteiger partial charge in [0.05, 0.1) is 19.5 Å². The van der Waals surface area contributed by atoms with Crippen LogP contribution in [0.1, 0.15) is 25.0 Å². The largest absolute Gasteiger partial charge is 0.494 e. The van der Waals surface area contributed by atoms with E-state index in [2.05, 4.69) is 52.7 Å². The highest BCUT2D eigenvalue weighted by atomic mass is 127. The number of aliphatic imine (C=N–C) groups is 1. The van der Waals surface area contributed by atoms with E-state index in [-0.39, 0.29) is 24.0 Å². The Hall–Kier alpha value is -1.77. The molecule has 7 heteroatoms. The Labute approximate surface area is 167 Å². The van der Waals surface area contributed by atoms with Crippen molar-refractivity contribution in [3.8, 4) is 5.75 Å². The molecule has 0 saturated carbocycles. The monoisotopic (exact) mass is 457 g/mol. The molecule has 0 saturated heterocycles. The summed E-state index contributed by atoms with van der Waals surface area (Å²) in [7, 11) is 0. The van der Waals surface area contributed by atoms with Gasteiger partial charge in [-0.15, -0.1) is 24.0 Å². The van der Waals surface area contributed by atoms with Crippen LogP contribution in [0.2, 0.25) is 0 Å². The number of guanidine groups is 1. The smallest absolute Gasteiger partial charge is 0.191 e. The number of aromatic nitrogens is 2. The summed E-state index contributed by atoms with van der Waals surface area (Å²) in [5.74, 6) is 1.72. The van der Waals surface area contributed by atoms with Gasteiger partial charge in [-0.3, -0.25) is 0 Å². The lowest BCUT2D eigenvalue weighted by Gasteiger charge is -2.13. The van der Waals surface area contributed by atoms with Gasteiger partial charge in [0.25, 0.3) is 0 Å². The van der Waals surface area contributed by atoms with Crippen molar-refractivity contribution in [1.82, 2.24) is 20.2 Å². The fourth-order valence-corrected chi connectivity index (χ4v) is 2.31. The first-order chi connectivity index (χ1) is 11.7. The van der Waals surface area contributed by atoms with Crippen LogP contribution in [-0.2, 0) is 13.1 Å². The van der Waals surface area contributed by atoms with Crippen molar-refractivity contribution in [2.45, 2.75) is 33.9 Å². The molecule has 6 nitrogen and oxygen atoms in total. The van der Waals surface area contributed by atoms with Crippen LogP contribution in [-0.4, -0.2) is 35.2 Å². The molecule has 2 aromatic rings. The minimum absolute atomic E-state index is 0. The number of nitrogens with zero attached hydrogens (tertiary/aromatic N) is 3. The van der Waals surface area contributed by atoms with Crippen molar-refractivity contribution in [3.05, 3.63) is 48.0 Å². The number of imidazole rings is 1. The van der Waals surface area contributed by atoms with Gasteiger partial charge >= 0.3 is 0 Å². The average molecular weight is 457 g/mol. The number of hydrogen-bond donors (Lipinski definition) is 2. The molecule has 2 rings (SSSR count). The summed E-state index contributed by atoms with van der Waals surface area (Å²) in [4.78, 5) is 8.71. The fraction of sp³-hybridized carbons (Fsp3) is 0.444. The highest BCUT2D eigenvalue weighted by Gasteiger charge is 2.04. The molecule has 0 aliphatic heterocycles. The summed E-state index contributed by atoms with van der Waals surface area (Å²) < 4.78 is 7.75. The predicted molar refractivity (Wildman–Crippen MR) is 113 cm³/mol. The summed E-state index contributed by atoms with van der Waals surface area (Å²) in [6.07, 6.45) is 5.55. The molecule has 0 spiro atoms. The molecule has 1 heterocycles. The van der Waals surface area contributed by atoms with Crippen LogP contribution >= 0.6 is 24.0 Å². The molecule has 0 atom stereocenters. The molecule has 1 aromatic carbocycles. The van der Waals surface area contributed by atoms with Crippen molar-refractivity contribution in [1.29, 1.82) is 0 Å². The molecule has 138 valence electrons. The van der Waals surface area contributed by atoms with Gasteiger partial charge in [0.2, 0.25) is 0 Å². The Morgan fingerprint density at radius 3 is 2.80 bits per heavy atom. The minimum Gasteiger partial charge on any atom is -0.494 e. The Balaban J connectivity index is 0.00000312. The minimum atomic E-state index is 0. The van der Waals surface area contributed by atoms with E-state index in [1.807, 2.05) is 24.0 Å². The predicted octanol–water partition coefficient (Wildman–Crippen LogP) is 2.96. The normalized spacial score (nSPS) is 10.9. The quantitative estimate of drug-likeness (QED) is 0.364. The standard InChI is InChI=1S/C18H27N5O.HI/c1-4-20-18(21-9-11-23-10-8-19-14-23)22-13-16-7-6-15(3)12-17(16)24-5-2;/h6-8,10,12,14H,4-5,9,11,13H2,1-3H3,(H2,20,21,22);1H. The average Bonchev–Trinajstić information content (AvgIpc) is 3.07. The number of ether oxygens (including phenoxy) is 1. The van der Waals surface area contributed by atoms with Gasteiger partial charge < -0.3 is 19.9 Å². The van der Waals surface area contributed by atoms with E-state index >= 15 is 0 Å². The summed E-state index contributed by atoms with van der Waals surface area (Å²) in [5, 5.41) is 6.61. The van der Waals surface area contributed by atoms with Gasteiger partial charge in [-0.2, -0.15) is 0 Å². The van der Waals surface area contributed by atoms with Gasteiger partial charge in [-0.25, -0.2) is 9.98 Å². The number of aryl methyl sites for hydroxylation is 1. The van der Waals surface area contributed by atoms with Gasteiger partial charge in [0.1, 0.15) is 5.75 Å². The number of benzene rings is 1. The Morgan fingerprint density at radius 1 is 1.28 bits per heavy atom. The van der Waals surface area contributed by atoms with Crippen molar-refractivity contribution in [2.75, 3.05) is 19.7 Å². The van der Waals surface area contributed by atoms with Gasteiger partial charge in [-0.1, -0.05) is 12.1 Å². The van der Waals surface area contributed by atoms with Crippen molar-refractivity contribution in [2.24, 2.45) is 4.99 Å². The fourth-order valence-electron chi connectivity index (χ4n) is 2.31. The Bertz CT molecular complexity index is 643. The number of hydrogen-bond acceptors (Lipinski definition) is 3. The zero-order valence-corrected chi connectivity index (χ0v) is 17.5. The van der Waals surface area contributed by atoms with Crippen LogP contribution < -0.4 is 15.4 Å². The first-order valence-corrected chi connectivity index (χ1v) is 8.43. The van der Waals surface area contributed by atoms with Crippen molar-refractivity contribution in [3.63, 3.8) is 0 Å². The van der Waals surface area contributed by atoms with Crippen LogP contribution in [0.3, 0.4) is 0 Å². The second-order valence-corrected chi connectivity index (χ2v) is 5.47. The SMILES string of the molecule is CCNC(=NCc1ccc(C)cc1OCC)NCCn1ccnc1.I. The third-order valence-corrected chi connectivity index (χ3v) is 3.50.